The molecule has 6 heteroatoms. The molecule has 0 heterocycles. The van der Waals surface area contributed by atoms with Crippen LogP contribution in [-0.4, -0.2) is 24.9 Å². The van der Waals surface area contributed by atoms with Gasteiger partial charge in [0.1, 0.15) is 12.4 Å². The lowest BCUT2D eigenvalue weighted by molar-refractivity contribution is -0.114. The molecule has 0 aromatic heterocycles. The minimum Gasteiger partial charge on any atom is -0.489 e. The minimum atomic E-state index is -0.180. The summed E-state index contributed by atoms with van der Waals surface area (Å²) in [6.07, 6.45) is 1.98. The average molecular weight is 432 g/mol. The van der Waals surface area contributed by atoms with Crippen molar-refractivity contribution in [2.45, 2.75) is 26.4 Å². The second-order valence-corrected chi connectivity index (χ2v) is 7.39. The molecule has 0 aliphatic carbocycles. The summed E-state index contributed by atoms with van der Waals surface area (Å²) < 4.78 is 5.76. The second-order valence-electron chi connectivity index (χ2n) is 7.39. The van der Waals surface area contributed by atoms with Crippen molar-refractivity contribution in [3.05, 3.63) is 90.0 Å². The third-order valence-corrected chi connectivity index (χ3v) is 4.78. The van der Waals surface area contributed by atoms with Gasteiger partial charge in [-0.15, -0.1) is 0 Å². The van der Waals surface area contributed by atoms with Crippen LogP contribution in [0.4, 0.5) is 11.4 Å². The lowest BCUT2D eigenvalue weighted by Crippen LogP contribution is -2.25. The summed E-state index contributed by atoms with van der Waals surface area (Å²) in [5.74, 6) is 0.445. The highest BCUT2D eigenvalue weighted by atomic mass is 16.5. The molecule has 0 radical (unpaired) electrons. The van der Waals surface area contributed by atoms with Crippen molar-refractivity contribution >= 4 is 23.2 Å². The molecule has 2 amide bonds. The second kappa shape index (κ2) is 12.2. The van der Waals surface area contributed by atoms with E-state index in [0.29, 0.717) is 30.1 Å². The number of nitrogens with one attached hydrogen (secondary N) is 3. The van der Waals surface area contributed by atoms with Crippen molar-refractivity contribution in [1.29, 1.82) is 0 Å². The molecule has 0 bridgehead atoms. The van der Waals surface area contributed by atoms with E-state index in [0.717, 1.165) is 24.2 Å². The van der Waals surface area contributed by atoms with Gasteiger partial charge in [0.15, 0.2) is 0 Å². The number of ether oxygens (including phenoxy) is 1. The molecular weight excluding hydrogens is 402 g/mol. The standard InChI is InChI=1S/C26H29N3O3/c1-2-3-16-27-26(31)21-10-7-11-23(17-21)28-18-25(30)29-22-12-14-24(15-13-22)32-19-20-8-5-4-6-9-20/h4-15,17,28H,2-3,16,18-19H2,1H3,(H,27,31)(H,29,30). The minimum absolute atomic E-state index is 0.0904. The monoisotopic (exact) mass is 431 g/mol. The lowest BCUT2D eigenvalue weighted by atomic mass is 10.2. The zero-order valence-electron chi connectivity index (χ0n) is 18.3. The molecule has 0 spiro atoms. The summed E-state index contributed by atoms with van der Waals surface area (Å²) >= 11 is 0. The van der Waals surface area contributed by atoms with Crippen LogP contribution in [0.5, 0.6) is 5.75 Å². The van der Waals surface area contributed by atoms with Crippen LogP contribution in [-0.2, 0) is 11.4 Å². The van der Waals surface area contributed by atoms with E-state index in [1.165, 1.54) is 0 Å². The van der Waals surface area contributed by atoms with Gasteiger partial charge in [0.05, 0.1) is 6.54 Å². The van der Waals surface area contributed by atoms with Gasteiger partial charge in [-0.3, -0.25) is 9.59 Å². The third kappa shape index (κ3) is 7.47. The highest BCUT2D eigenvalue weighted by molar-refractivity contribution is 5.96. The average Bonchev–Trinajstić information content (AvgIpc) is 2.83. The Hall–Kier alpha value is -3.80. The fraction of sp³-hybridized carbons (Fsp3) is 0.231. The third-order valence-electron chi connectivity index (χ3n) is 4.78. The summed E-state index contributed by atoms with van der Waals surface area (Å²) in [5, 5.41) is 8.80. The first-order valence-electron chi connectivity index (χ1n) is 10.8. The molecule has 0 aliphatic rings. The number of carbonyl (C=O) groups excluding carboxylic acids is 2. The summed E-state index contributed by atoms with van der Waals surface area (Å²) in [4.78, 5) is 24.5. The molecule has 3 N–H and O–H groups in total. The number of hydrogen-bond acceptors (Lipinski definition) is 4. The summed E-state index contributed by atoms with van der Waals surface area (Å²) in [5.41, 5.74) is 3.07. The molecule has 0 saturated carbocycles. The molecule has 3 aromatic carbocycles. The Labute approximate surface area is 189 Å². The fourth-order valence-electron chi connectivity index (χ4n) is 3.01. The maximum absolute atomic E-state index is 12.3. The topological polar surface area (TPSA) is 79.5 Å². The van der Waals surface area contributed by atoms with E-state index >= 15 is 0 Å². The Morgan fingerprint density at radius 1 is 0.875 bits per heavy atom. The van der Waals surface area contributed by atoms with Gasteiger partial charge in [0, 0.05) is 23.5 Å². The van der Waals surface area contributed by atoms with Gasteiger partial charge in [0.2, 0.25) is 5.91 Å². The molecular formula is C26H29N3O3. The van der Waals surface area contributed by atoms with Crippen molar-refractivity contribution in [3.8, 4) is 5.75 Å². The smallest absolute Gasteiger partial charge is 0.251 e. The van der Waals surface area contributed by atoms with Crippen LogP contribution in [0.1, 0.15) is 35.7 Å². The number of anilines is 2. The number of amides is 2. The fourth-order valence-corrected chi connectivity index (χ4v) is 3.01. The number of hydrogen-bond donors (Lipinski definition) is 3. The zero-order valence-corrected chi connectivity index (χ0v) is 18.3. The Morgan fingerprint density at radius 3 is 2.41 bits per heavy atom. The van der Waals surface area contributed by atoms with Crippen molar-refractivity contribution in [3.63, 3.8) is 0 Å². The summed E-state index contributed by atoms with van der Waals surface area (Å²) in [6, 6.07) is 24.3. The molecule has 3 rings (SSSR count). The Kier molecular flexibility index (Phi) is 8.69. The zero-order chi connectivity index (χ0) is 22.6. The van der Waals surface area contributed by atoms with Gasteiger partial charge in [-0.2, -0.15) is 0 Å². The van der Waals surface area contributed by atoms with Crippen molar-refractivity contribution in [2.75, 3.05) is 23.7 Å². The van der Waals surface area contributed by atoms with Crippen LogP contribution in [0.3, 0.4) is 0 Å². The quantitative estimate of drug-likeness (QED) is 0.379. The molecule has 0 aliphatic heterocycles. The van der Waals surface area contributed by atoms with Gasteiger partial charge < -0.3 is 20.7 Å². The van der Waals surface area contributed by atoms with E-state index in [9.17, 15) is 9.59 Å². The molecule has 3 aromatic rings. The van der Waals surface area contributed by atoms with E-state index in [-0.39, 0.29) is 18.4 Å². The Morgan fingerprint density at radius 2 is 1.66 bits per heavy atom. The Bertz CT molecular complexity index is 1000. The van der Waals surface area contributed by atoms with Gasteiger partial charge >= 0.3 is 0 Å². The number of unbranched alkanes of at least 4 members (excludes halogenated alkanes) is 1. The van der Waals surface area contributed by atoms with E-state index in [4.69, 9.17) is 4.74 Å². The van der Waals surface area contributed by atoms with Crippen molar-refractivity contribution < 1.29 is 14.3 Å². The van der Waals surface area contributed by atoms with Gasteiger partial charge in [-0.1, -0.05) is 49.7 Å². The first-order valence-corrected chi connectivity index (χ1v) is 10.8. The lowest BCUT2D eigenvalue weighted by Gasteiger charge is -2.10. The van der Waals surface area contributed by atoms with Crippen molar-refractivity contribution in [2.24, 2.45) is 0 Å². The molecule has 0 saturated heterocycles. The van der Waals surface area contributed by atoms with Gasteiger partial charge in [0.25, 0.3) is 5.91 Å². The highest BCUT2D eigenvalue weighted by Crippen LogP contribution is 2.17. The predicted molar refractivity (Wildman–Crippen MR) is 128 cm³/mol. The van der Waals surface area contributed by atoms with Crippen LogP contribution < -0.4 is 20.7 Å². The largest absolute Gasteiger partial charge is 0.489 e. The summed E-state index contributed by atoms with van der Waals surface area (Å²) in [7, 11) is 0. The number of rotatable bonds is 11. The molecule has 32 heavy (non-hydrogen) atoms. The SMILES string of the molecule is CCCCNC(=O)c1cccc(NCC(=O)Nc2ccc(OCc3ccccc3)cc2)c1. The van der Waals surface area contributed by atoms with E-state index in [2.05, 4.69) is 22.9 Å². The molecule has 6 nitrogen and oxygen atoms in total. The molecule has 0 unspecified atom stereocenters. The first-order chi connectivity index (χ1) is 15.6. The van der Waals surface area contributed by atoms with Crippen molar-refractivity contribution in [1.82, 2.24) is 5.32 Å². The van der Waals surface area contributed by atoms with E-state index < -0.39 is 0 Å². The predicted octanol–water partition coefficient (Wildman–Crippen LogP) is 4.85. The van der Waals surface area contributed by atoms with Crippen LogP contribution in [0, 0.1) is 0 Å². The normalized spacial score (nSPS) is 10.3. The maximum Gasteiger partial charge on any atom is 0.251 e. The van der Waals surface area contributed by atoms with E-state index in [1.54, 1.807) is 30.3 Å². The summed E-state index contributed by atoms with van der Waals surface area (Å²) in [6.45, 7) is 3.32. The van der Waals surface area contributed by atoms with Crippen LogP contribution in [0.25, 0.3) is 0 Å². The molecule has 0 fully saturated rings. The van der Waals surface area contributed by atoms with Gasteiger partial charge in [-0.05, 0) is 54.4 Å². The van der Waals surface area contributed by atoms with Crippen LogP contribution >= 0.6 is 0 Å². The number of benzene rings is 3. The Balaban J connectivity index is 1.44. The first kappa shape index (κ1) is 22.9. The van der Waals surface area contributed by atoms with E-state index in [1.807, 2.05) is 48.5 Å². The molecule has 0 atom stereocenters. The van der Waals surface area contributed by atoms with Crippen LogP contribution in [0.15, 0.2) is 78.9 Å². The van der Waals surface area contributed by atoms with Crippen LogP contribution in [0.2, 0.25) is 0 Å². The highest BCUT2D eigenvalue weighted by Gasteiger charge is 2.07. The maximum atomic E-state index is 12.3. The number of carbonyl (C=O) groups is 2. The van der Waals surface area contributed by atoms with Gasteiger partial charge in [-0.25, -0.2) is 0 Å². The molecule has 166 valence electrons.